The van der Waals surface area contributed by atoms with E-state index in [1.54, 1.807) is 6.92 Å². The van der Waals surface area contributed by atoms with Gasteiger partial charge in [-0.3, -0.25) is 0 Å². The monoisotopic (exact) mass is 84.1 g/mol. The van der Waals surface area contributed by atoms with Crippen LogP contribution in [0.1, 0.15) is 6.92 Å². The largest absolute Gasteiger partial charge is 0.303 e. The summed E-state index contributed by atoms with van der Waals surface area (Å²) in [5.41, 5.74) is 9.22. The maximum absolute atomic E-state index is 5.08. The lowest BCUT2D eigenvalue weighted by molar-refractivity contribution is 0.643. The third kappa shape index (κ3) is 3.48. The Morgan fingerprint density at radius 3 is 1.83 bits per heavy atom. The molecule has 0 aromatic heterocycles. The highest BCUT2D eigenvalue weighted by Crippen LogP contribution is 1.77. The van der Waals surface area contributed by atoms with Crippen molar-refractivity contribution in [2.45, 2.75) is 12.6 Å². The first kappa shape index (κ1) is 5.48. The molecule has 0 spiro atoms. The molecule has 2 nitrogen and oxygen atoms in total. The highest BCUT2D eigenvalue weighted by molar-refractivity contribution is 5.03. The van der Waals surface area contributed by atoms with Gasteiger partial charge in [0.25, 0.3) is 0 Å². The summed E-state index contributed by atoms with van der Waals surface area (Å²) in [6.45, 7) is 1.56. The molecule has 4 N–H and O–H groups in total. The maximum Gasteiger partial charge on any atom is 0.124 e. The first-order valence-electron chi connectivity index (χ1n) is 1.62. The van der Waals surface area contributed by atoms with Gasteiger partial charge in [0.15, 0.2) is 0 Å². The fraction of sp³-hybridized carbons (Fsp3) is 0.500. The maximum atomic E-state index is 5.08. The van der Waals surface area contributed by atoms with Crippen molar-refractivity contribution in [2.75, 3.05) is 0 Å². The van der Waals surface area contributed by atoms with Crippen molar-refractivity contribution in [3.05, 3.63) is 0 Å². The lowest BCUT2D eigenvalue weighted by Gasteiger charge is -2.06. The summed E-state index contributed by atoms with van der Waals surface area (Å²) in [7, 11) is 0. The predicted octanol–water partition coefficient (Wildman–Crippen LogP) is -0.747. The van der Waals surface area contributed by atoms with Crippen LogP contribution in [-0.4, -0.2) is 5.66 Å². The first-order valence-corrected chi connectivity index (χ1v) is 1.62. The van der Waals surface area contributed by atoms with Crippen molar-refractivity contribution in [1.82, 2.24) is 0 Å². The van der Waals surface area contributed by atoms with Crippen molar-refractivity contribution >= 4 is 0 Å². The minimum absolute atomic E-state index is 0.931. The summed E-state index contributed by atoms with van der Waals surface area (Å²) in [5, 5.41) is 0. The topological polar surface area (TPSA) is 52.0 Å². The van der Waals surface area contributed by atoms with E-state index < -0.39 is 5.66 Å². The summed E-state index contributed by atoms with van der Waals surface area (Å²) in [5.74, 6) is 2.16. The van der Waals surface area contributed by atoms with E-state index >= 15 is 0 Å². The van der Waals surface area contributed by atoms with Crippen LogP contribution in [0.15, 0.2) is 0 Å². The highest BCUT2D eigenvalue weighted by Gasteiger charge is 2.01. The van der Waals surface area contributed by atoms with Crippen molar-refractivity contribution in [1.29, 1.82) is 0 Å². The Bertz CT molecular complexity index is 72.5. The van der Waals surface area contributed by atoms with Gasteiger partial charge in [-0.1, -0.05) is 5.92 Å². The molecule has 0 amide bonds. The van der Waals surface area contributed by atoms with E-state index in [2.05, 4.69) is 5.92 Å². The van der Waals surface area contributed by atoms with Crippen LogP contribution in [0.5, 0.6) is 0 Å². The molecule has 0 aliphatic heterocycles. The van der Waals surface area contributed by atoms with E-state index in [-0.39, 0.29) is 0 Å². The van der Waals surface area contributed by atoms with Crippen LogP contribution in [0.25, 0.3) is 0 Å². The van der Waals surface area contributed by atoms with Crippen molar-refractivity contribution < 1.29 is 0 Å². The minimum Gasteiger partial charge on any atom is -0.303 e. The van der Waals surface area contributed by atoms with E-state index in [0.717, 1.165) is 0 Å². The van der Waals surface area contributed by atoms with Gasteiger partial charge in [-0.05, 0) is 6.92 Å². The van der Waals surface area contributed by atoms with Gasteiger partial charge in [-0.15, -0.1) is 6.42 Å². The van der Waals surface area contributed by atoms with Crippen LogP contribution in [0, 0.1) is 12.3 Å². The Hall–Kier alpha value is -0.520. The molecule has 0 rings (SSSR count). The van der Waals surface area contributed by atoms with Gasteiger partial charge in [0.1, 0.15) is 5.66 Å². The second kappa shape index (κ2) is 1.29. The van der Waals surface area contributed by atoms with Crippen LogP contribution < -0.4 is 11.5 Å². The molecule has 0 unspecified atom stereocenters. The molecule has 0 radical (unpaired) electrons. The summed E-state index contributed by atoms with van der Waals surface area (Å²) < 4.78 is 0. The molecule has 0 atom stereocenters. The lowest BCUT2D eigenvalue weighted by Crippen LogP contribution is -2.44. The number of hydrogen-bond donors (Lipinski definition) is 2. The fourth-order valence-electron chi connectivity index (χ4n) is 0. The van der Waals surface area contributed by atoms with Crippen LogP contribution in [-0.2, 0) is 0 Å². The number of rotatable bonds is 0. The Kier molecular flexibility index (Phi) is 1.18. The SMILES string of the molecule is C#CC(C)(N)N. The molecule has 0 aliphatic carbocycles. The van der Waals surface area contributed by atoms with Gasteiger partial charge >= 0.3 is 0 Å². The Labute approximate surface area is 37.5 Å². The summed E-state index contributed by atoms with van der Waals surface area (Å²) in [4.78, 5) is 0. The van der Waals surface area contributed by atoms with Crippen molar-refractivity contribution in [2.24, 2.45) is 11.5 Å². The molecule has 0 bridgehead atoms. The van der Waals surface area contributed by atoms with Crippen LogP contribution in [0.3, 0.4) is 0 Å². The normalized spacial score (nSPS) is 10.3. The zero-order valence-corrected chi connectivity index (χ0v) is 3.73. The van der Waals surface area contributed by atoms with Gasteiger partial charge < -0.3 is 11.5 Å². The second-order valence-corrected chi connectivity index (χ2v) is 1.43. The van der Waals surface area contributed by atoms with E-state index in [9.17, 15) is 0 Å². The Morgan fingerprint density at radius 2 is 1.83 bits per heavy atom. The zero-order chi connectivity index (χ0) is 5.21. The van der Waals surface area contributed by atoms with Crippen LogP contribution >= 0.6 is 0 Å². The number of terminal acetylenes is 1. The summed E-state index contributed by atoms with van der Waals surface area (Å²) >= 11 is 0. The summed E-state index contributed by atoms with van der Waals surface area (Å²) in [6.07, 6.45) is 4.81. The van der Waals surface area contributed by atoms with Crippen molar-refractivity contribution in [3.8, 4) is 12.3 Å². The predicted molar refractivity (Wildman–Crippen MR) is 25.6 cm³/mol. The molecule has 0 aromatic carbocycles. The third-order valence-corrected chi connectivity index (χ3v) is 0.311. The van der Waals surface area contributed by atoms with Gasteiger partial charge in [0.2, 0.25) is 0 Å². The zero-order valence-electron chi connectivity index (χ0n) is 3.73. The van der Waals surface area contributed by atoms with Crippen molar-refractivity contribution in [3.63, 3.8) is 0 Å². The van der Waals surface area contributed by atoms with Gasteiger partial charge in [0, 0.05) is 0 Å². The van der Waals surface area contributed by atoms with Gasteiger partial charge in [-0.2, -0.15) is 0 Å². The molecule has 34 valence electrons. The quantitative estimate of drug-likeness (QED) is 0.300. The first-order chi connectivity index (χ1) is 2.56. The highest BCUT2D eigenvalue weighted by atomic mass is 14.9. The molecular formula is C4H8N2. The van der Waals surface area contributed by atoms with Crippen LogP contribution in [0.2, 0.25) is 0 Å². The number of nitrogens with two attached hydrogens (primary N) is 2. The number of hydrogen-bond acceptors (Lipinski definition) is 2. The molecule has 0 fully saturated rings. The molecule has 6 heavy (non-hydrogen) atoms. The smallest absolute Gasteiger partial charge is 0.124 e. The standard InChI is InChI=1S/C4H8N2/c1-3-4(2,5)6/h1H,5-6H2,2H3. The molecule has 0 aromatic rings. The van der Waals surface area contributed by atoms with Gasteiger partial charge in [-0.25, -0.2) is 0 Å². The second-order valence-electron chi connectivity index (χ2n) is 1.43. The van der Waals surface area contributed by atoms with E-state index in [0.29, 0.717) is 0 Å². The van der Waals surface area contributed by atoms with E-state index in [1.807, 2.05) is 0 Å². The average Bonchev–Trinajstić information content (AvgIpc) is 1.35. The summed E-state index contributed by atoms with van der Waals surface area (Å²) in [6, 6.07) is 0. The Morgan fingerprint density at radius 1 is 1.67 bits per heavy atom. The lowest BCUT2D eigenvalue weighted by atomic mass is 10.3. The molecule has 2 heteroatoms. The molecule has 0 heterocycles. The average molecular weight is 84.1 g/mol. The minimum atomic E-state index is -0.931. The fourth-order valence-corrected chi connectivity index (χ4v) is 0. The van der Waals surface area contributed by atoms with E-state index in [4.69, 9.17) is 17.9 Å². The molecule has 0 saturated heterocycles. The van der Waals surface area contributed by atoms with Gasteiger partial charge in [0.05, 0.1) is 0 Å². The molecular weight excluding hydrogens is 76.1 g/mol. The molecule has 0 saturated carbocycles. The molecule has 0 aliphatic rings. The van der Waals surface area contributed by atoms with Crippen LogP contribution in [0.4, 0.5) is 0 Å². The third-order valence-electron chi connectivity index (χ3n) is 0.311. The van der Waals surface area contributed by atoms with E-state index in [1.165, 1.54) is 0 Å². The Balaban J connectivity index is 3.55.